The fourth-order valence-electron chi connectivity index (χ4n) is 4.04. The van der Waals surface area contributed by atoms with Gasteiger partial charge >= 0.3 is 5.92 Å². The van der Waals surface area contributed by atoms with Crippen molar-refractivity contribution in [1.82, 2.24) is 0 Å². The van der Waals surface area contributed by atoms with E-state index in [1.54, 1.807) is 30.3 Å². The van der Waals surface area contributed by atoms with Crippen LogP contribution in [-0.2, 0) is 0 Å². The van der Waals surface area contributed by atoms with Crippen molar-refractivity contribution in [2.24, 2.45) is 0 Å². The number of benzene rings is 3. The molecular weight excluding hydrogens is 443 g/mol. The third-order valence-corrected chi connectivity index (χ3v) is 10.5. The van der Waals surface area contributed by atoms with Crippen LogP contribution in [0.15, 0.2) is 91.0 Å². The molecule has 0 spiro atoms. The Morgan fingerprint density at radius 2 is 1.16 bits per heavy atom. The maximum Gasteiger partial charge on any atom is 0.409 e. The highest BCUT2D eigenvalue weighted by Crippen LogP contribution is 2.58. The summed E-state index contributed by atoms with van der Waals surface area (Å²) in [4.78, 5) is 0. The molecule has 1 aliphatic rings. The predicted octanol–water partition coefficient (Wildman–Crippen LogP) is 6.61. The second kappa shape index (κ2) is 10.5. The summed E-state index contributed by atoms with van der Waals surface area (Å²) in [5.41, 5.74) is 0.0978. The first kappa shape index (κ1) is 23.5. The van der Waals surface area contributed by atoms with Crippen molar-refractivity contribution in [3.05, 3.63) is 122 Å². The van der Waals surface area contributed by atoms with Crippen molar-refractivity contribution in [3.8, 4) is 0 Å². The molecule has 0 amide bonds. The van der Waals surface area contributed by atoms with Gasteiger partial charge in [0.25, 0.3) is 0 Å². The molecule has 3 aromatic carbocycles. The zero-order valence-electron chi connectivity index (χ0n) is 17.7. The van der Waals surface area contributed by atoms with Gasteiger partial charge in [-0.15, -0.1) is 0 Å². The van der Waals surface area contributed by atoms with Gasteiger partial charge in [-0.1, -0.05) is 97.9 Å². The van der Waals surface area contributed by atoms with Crippen molar-refractivity contribution in [2.45, 2.75) is 18.5 Å². The lowest BCUT2D eigenvalue weighted by atomic mass is 9.95. The summed E-state index contributed by atoms with van der Waals surface area (Å²) in [6.07, 6.45) is 5.80. The maximum atomic E-state index is 14.1. The first-order valence-electron chi connectivity index (χ1n) is 10.5. The summed E-state index contributed by atoms with van der Waals surface area (Å²) in [6, 6.07) is 29.0. The molecule has 0 N–H and O–H groups in total. The van der Waals surface area contributed by atoms with Crippen LogP contribution >= 0.6 is 15.8 Å². The van der Waals surface area contributed by atoms with E-state index in [0.717, 1.165) is 11.8 Å². The lowest BCUT2D eigenvalue weighted by Gasteiger charge is -2.34. The van der Waals surface area contributed by atoms with Gasteiger partial charge in [0.05, 0.1) is 0 Å². The number of rotatable bonds is 7. The van der Waals surface area contributed by atoms with E-state index in [-0.39, 0.29) is 11.8 Å². The highest BCUT2D eigenvalue weighted by Gasteiger charge is 2.45. The molecule has 0 bridgehead atoms. The summed E-state index contributed by atoms with van der Waals surface area (Å²) >= 11 is 0. The monoisotopic (exact) mass is 467 g/mol. The molecule has 163 valence electrons. The molecule has 32 heavy (non-hydrogen) atoms. The second-order valence-corrected chi connectivity index (χ2v) is 12.4. The zero-order valence-corrected chi connectivity index (χ0v) is 19.5. The van der Waals surface area contributed by atoms with Gasteiger partial charge in [0.2, 0.25) is 0 Å². The summed E-state index contributed by atoms with van der Waals surface area (Å²) in [5, 5.41) is 2.84. The quantitative estimate of drug-likeness (QED) is 0.343. The van der Waals surface area contributed by atoms with Crippen LogP contribution in [0.1, 0.15) is 6.92 Å². The second-order valence-electron chi connectivity index (χ2n) is 7.61. The van der Waals surface area contributed by atoms with E-state index in [1.165, 1.54) is 10.6 Å². The van der Waals surface area contributed by atoms with Crippen LogP contribution in [0.25, 0.3) is 0 Å². The Morgan fingerprint density at radius 1 is 0.688 bits per heavy atom. The van der Waals surface area contributed by atoms with Gasteiger partial charge in [0.15, 0.2) is 0 Å². The van der Waals surface area contributed by atoms with Crippen molar-refractivity contribution < 1.29 is 13.2 Å². The molecule has 0 heterocycles. The van der Waals surface area contributed by atoms with E-state index in [2.05, 4.69) is 31.2 Å². The Hall–Kier alpha value is -1.69. The first-order valence-corrected chi connectivity index (χ1v) is 13.4. The van der Waals surface area contributed by atoms with E-state index in [9.17, 15) is 13.2 Å². The molecule has 1 fully saturated rings. The van der Waals surface area contributed by atoms with E-state index >= 15 is 0 Å². The van der Waals surface area contributed by atoms with E-state index < -0.39 is 21.8 Å². The molecule has 0 nitrogen and oxygen atoms in total. The van der Waals surface area contributed by atoms with Gasteiger partial charge < -0.3 is 0 Å². The van der Waals surface area contributed by atoms with Gasteiger partial charge in [-0.05, 0) is 66.8 Å². The van der Waals surface area contributed by atoms with Gasteiger partial charge in [-0.2, -0.15) is 13.2 Å². The van der Waals surface area contributed by atoms with Crippen molar-refractivity contribution >= 4 is 31.8 Å². The average Bonchev–Trinajstić information content (AvgIpc) is 3.27. The number of alkyl halides is 3. The third-order valence-electron chi connectivity index (χ3n) is 5.55. The molecule has 1 aliphatic carbocycles. The minimum absolute atomic E-state index is 0.0161. The summed E-state index contributed by atoms with van der Waals surface area (Å²) < 4.78 is 42.2. The Balaban J connectivity index is 1.62. The minimum Gasteiger partial charge on any atom is -0.167 e. The fraction of sp³-hybridized carbons (Fsp3) is 0.148. The lowest BCUT2D eigenvalue weighted by Crippen LogP contribution is -2.29. The van der Waals surface area contributed by atoms with Crippen LogP contribution in [0.4, 0.5) is 13.2 Å². The summed E-state index contributed by atoms with van der Waals surface area (Å²) in [6.45, 7) is 2.16. The normalized spacial score (nSPS) is 17.5. The van der Waals surface area contributed by atoms with Gasteiger partial charge in [0.1, 0.15) is 0 Å². The van der Waals surface area contributed by atoms with Crippen LogP contribution in [0.3, 0.4) is 0 Å². The highest BCUT2D eigenvalue weighted by molar-refractivity contribution is 7.73. The summed E-state index contributed by atoms with van der Waals surface area (Å²) in [7, 11) is -3.07. The van der Waals surface area contributed by atoms with Crippen molar-refractivity contribution in [1.29, 1.82) is 0 Å². The predicted molar refractivity (Wildman–Crippen MR) is 132 cm³/mol. The third kappa shape index (κ3) is 5.44. The highest BCUT2D eigenvalue weighted by atomic mass is 31.1. The Kier molecular flexibility index (Phi) is 7.70. The van der Waals surface area contributed by atoms with Crippen LogP contribution in [0.5, 0.6) is 0 Å². The number of hydrogen-bond acceptors (Lipinski definition) is 0. The molecule has 0 unspecified atom stereocenters. The molecule has 3 aromatic rings. The number of halogens is 3. The van der Waals surface area contributed by atoms with Gasteiger partial charge in [0, 0.05) is 7.92 Å². The molecule has 4 rings (SSSR count). The molecule has 0 saturated heterocycles. The molecular formula is C27H24F3P2. The van der Waals surface area contributed by atoms with E-state index in [0.29, 0.717) is 5.30 Å². The van der Waals surface area contributed by atoms with Crippen LogP contribution in [0, 0.1) is 31.1 Å². The van der Waals surface area contributed by atoms with Crippen LogP contribution in [-0.4, -0.2) is 17.7 Å². The molecule has 1 saturated carbocycles. The fourth-order valence-corrected chi connectivity index (χ4v) is 8.57. The maximum absolute atomic E-state index is 14.1. The lowest BCUT2D eigenvalue weighted by molar-refractivity contribution is -0.0390. The standard InChI is InChI=1S/C27H24F3P2/c1-21(32(24-15-7-3-8-16-24)25-17-9-4-10-18-25)26-19-11-12-22(26)20-31(27(28,29)30)23-13-5-2-6-14-23/h2-19,21H,20H2,1H3/t21-,31+/m1/s1. The largest absolute Gasteiger partial charge is 0.409 e. The van der Waals surface area contributed by atoms with Crippen molar-refractivity contribution in [3.63, 3.8) is 0 Å². The minimum atomic E-state index is -4.24. The van der Waals surface area contributed by atoms with Gasteiger partial charge in [-0.25, -0.2) is 0 Å². The topological polar surface area (TPSA) is 0 Å². The smallest absolute Gasteiger partial charge is 0.167 e. The molecule has 2 atom stereocenters. The Labute approximate surface area is 191 Å². The molecule has 0 aromatic heterocycles. The van der Waals surface area contributed by atoms with E-state index in [1.807, 2.05) is 55.7 Å². The Morgan fingerprint density at radius 3 is 1.62 bits per heavy atom. The SMILES string of the molecule is C[C@H]([C]1[CH][CH][CH][C]1C[P@@](c1ccccc1)C(F)(F)F)P(c1ccccc1)c1ccccc1. The van der Waals surface area contributed by atoms with Crippen LogP contribution < -0.4 is 15.9 Å². The Bertz CT molecular complexity index is 921. The molecule has 5 heteroatoms. The first-order chi connectivity index (χ1) is 15.4. The summed E-state index contributed by atoms with van der Waals surface area (Å²) in [5.74, 6) is -2.40. The van der Waals surface area contributed by atoms with Crippen molar-refractivity contribution in [2.75, 3.05) is 6.16 Å². The molecule has 0 aliphatic heterocycles. The number of hydrogen-bond donors (Lipinski definition) is 0. The van der Waals surface area contributed by atoms with Crippen LogP contribution in [0.2, 0.25) is 0 Å². The average molecular weight is 467 g/mol. The zero-order chi connectivity index (χ0) is 22.6. The van der Waals surface area contributed by atoms with Gasteiger partial charge in [-0.3, -0.25) is 0 Å². The van der Waals surface area contributed by atoms with E-state index in [4.69, 9.17) is 0 Å². The molecule has 5 radical (unpaired) electrons.